The molecule has 4 nitrogen and oxygen atoms in total. The molecule has 0 heterocycles. The molecular formula is C16H23ClN2O2. The number of amides is 1. The first kappa shape index (κ1) is 16.3. The topological polar surface area (TPSA) is 64.3 Å². The number of carbonyl (C=O) groups excluding carboxylic acids is 1. The van der Waals surface area contributed by atoms with E-state index in [1.807, 2.05) is 24.3 Å². The average Bonchev–Trinajstić information content (AvgIpc) is 3.20. The summed E-state index contributed by atoms with van der Waals surface area (Å²) < 4.78 is 5.17. The summed E-state index contributed by atoms with van der Waals surface area (Å²) in [6.45, 7) is 2.55. The number of carbonyl (C=O) groups is 1. The van der Waals surface area contributed by atoms with E-state index in [0.717, 1.165) is 12.0 Å². The van der Waals surface area contributed by atoms with Gasteiger partial charge in [0.15, 0.2) is 0 Å². The molecule has 1 aromatic rings. The van der Waals surface area contributed by atoms with Crippen molar-refractivity contribution in [1.82, 2.24) is 5.32 Å². The predicted molar refractivity (Wildman–Crippen MR) is 84.1 cm³/mol. The van der Waals surface area contributed by atoms with Gasteiger partial charge < -0.3 is 15.8 Å². The van der Waals surface area contributed by atoms with Crippen LogP contribution in [0, 0.1) is 11.8 Å². The van der Waals surface area contributed by atoms with Gasteiger partial charge >= 0.3 is 0 Å². The van der Waals surface area contributed by atoms with Crippen molar-refractivity contribution in [2.24, 2.45) is 17.6 Å². The lowest BCUT2D eigenvalue weighted by molar-refractivity contribution is -0.124. The average molecular weight is 311 g/mol. The Morgan fingerprint density at radius 2 is 2.10 bits per heavy atom. The third kappa shape index (κ3) is 4.43. The number of methoxy groups -OCH3 is 1. The molecule has 116 valence electrons. The van der Waals surface area contributed by atoms with Gasteiger partial charge in [0.05, 0.1) is 18.6 Å². The second kappa shape index (κ2) is 7.25. The molecule has 3 N–H and O–H groups in total. The van der Waals surface area contributed by atoms with Gasteiger partial charge in [-0.3, -0.25) is 4.79 Å². The highest BCUT2D eigenvalue weighted by Gasteiger charge is 2.41. The molecule has 0 bridgehead atoms. The third-order valence-electron chi connectivity index (χ3n) is 4.15. The zero-order valence-electron chi connectivity index (χ0n) is 12.5. The quantitative estimate of drug-likeness (QED) is 0.813. The number of halogens is 1. The molecule has 21 heavy (non-hydrogen) atoms. The highest BCUT2D eigenvalue weighted by atomic mass is 35.5. The van der Waals surface area contributed by atoms with E-state index in [4.69, 9.17) is 22.1 Å². The van der Waals surface area contributed by atoms with Gasteiger partial charge in [0.25, 0.3) is 0 Å². The molecule has 0 aromatic heterocycles. The summed E-state index contributed by atoms with van der Waals surface area (Å²) in [5.74, 6) is 1.11. The maximum atomic E-state index is 12.2. The second-order valence-electron chi connectivity index (χ2n) is 5.77. The largest absolute Gasteiger partial charge is 0.380 e. The van der Waals surface area contributed by atoms with Gasteiger partial charge in [0, 0.05) is 18.7 Å². The van der Waals surface area contributed by atoms with Crippen LogP contribution in [0.15, 0.2) is 24.3 Å². The Balaban J connectivity index is 2.03. The van der Waals surface area contributed by atoms with E-state index in [-0.39, 0.29) is 24.5 Å². The van der Waals surface area contributed by atoms with Crippen LogP contribution in [0.3, 0.4) is 0 Å². The van der Waals surface area contributed by atoms with E-state index in [9.17, 15) is 4.79 Å². The zero-order chi connectivity index (χ0) is 15.4. The summed E-state index contributed by atoms with van der Waals surface area (Å²) >= 11 is 5.93. The van der Waals surface area contributed by atoms with Crippen LogP contribution in [0.1, 0.15) is 31.4 Å². The van der Waals surface area contributed by atoms with Gasteiger partial charge in [-0.2, -0.15) is 0 Å². The second-order valence-corrected chi connectivity index (χ2v) is 6.21. The number of rotatable bonds is 7. The lowest BCUT2D eigenvalue weighted by Crippen LogP contribution is -2.35. The minimum atomic E-state index is -0.229. The molecule has 1 aliphatic rings. The monoisotopic (exact) mass is 310 g/mol. The van der Waals surface area contributed by atoms with Gasteiger partial charge in [-0.15, -0.1) is 0 Å². The molecule has 1 aliphatic carbocycles. The molecule has 1 aromatic carbocycles. The van der Waals surface area contributed by atoms with E-state index in [1.54, 1.807) is 7.11 Å². The Morgan fingerprint density at radius 3 is 2.57 bits per heavy atom. The van der Waals surface area contributed by atoms with Crippen molar-refractivity contribution in [3.63, 3.8) is 0 Å². The van der Waals surface area contributed by atoms with Crippen LogP contribution in [0.4, 0.5) is 0 Å². The number of hydrogen-bond acceptors (Lipinski definition) is 3. The molecule has 5 heteroatoms. The molecule has 1 amide bonds. The number of ether oxygens (including phenoxy) is 1. The van der Waals surface area contributed by atoms with Crippen LogP contribution in [0.25, 0.3) is 0 Å². The predicted octanol–water partition coefficient (Wildman–Crippen LogP) is 2.52. The number of benzene rings is 1. The Kier molecular flexibility index (Phi) is 5.62. The molecule has 2 rings (SSSR count). The number of nitrogens with one attached hydrogen (secondary N) is 1. The molecule has 4 atom stereocenters. The molecule has 0 spiro atoms. The van der Waals surface area contributed by atoms with E-state index >= 15 is 0 Å². The summed E-state index contributed by atoms with van der Waals surface area (Å²) in [5.41, 5.74) is 6.67. The van der Waals surface area contributed by atoms with Crippen molar-refractivity contribution in [1.29, 1.82) is 0 Å². The molecule has 4 unspecified atom stereocenters. The fraction of sp³-hybridized carbons (Fsp3) is 0.562. The van der Waals surface area contributed by atoms with Crippen LogP contribution in [-0.2, 0) is 9.53 Å². The summed E-state index contributed by atoms with van der Waals surface area (Å²) in [4.78, 5) is 12.2. The molecule has 1 fully saturated rings. The first-order valence-electron chi connectivity index (χ1n) is 7.32. The minimum absolute atomic E-state index is 0.0219. The van der Waals surface area contributed by atoms with Gasteiger partial charge in [-0.05, 0) is 36.0 Å². The first-order valence-corrected chi connectivity index (χ1v) is 7.70. The zero-order valence-corrected chi connectivity index (χ0v) is 13.3. The minimum Gasteiger partial charge on any atom is -0.380 e. The smallest absolute Gasteiger partial charge is 0.223 e. The van der Waals surface area contributed by atoms with E-state index in [0.29, 0.717) is 23.4 Å². The molecule has 0 radical (unpaired) electrons. The maximum absolute atomic E-state index is 12.2. The number of nitrogens with two attached hydrogens (primary N) is 1. The van der Waals surface area contributed by atoms with Crippen molar-refractivity contribution >= 4 is 17.5 Å². The Morgan fingerprint density at radius 1 is 1.48 bits per heavy atom. The van der Waals surface area contributed by atoms with Crippen molar-refractivity contribution in [2.45, 2.75) is 31.9 Å². The fourth-order valence-electron chi connectivity index (χ4n) is 2.63. The van der Waals surface area contributed by atoms with E-state index < -0.39 is 0 Å². The van der Waals surface area contributed by atoms with Crippen LogP contribution in [0.2, 0.25) is 5.02 Å². The summed E-state index contributed by atoms with van der Waals surface area (Å²) in [6.07, 6.45) is 1.20. The molecular weight excluding hydrogens is 288 g/mol. The Labute approximate surface area is 131 Å². The van der Waals surface area contributed by atoms with Crippen LogP contribution in [0.5, 0.6) is 0 Å². The van der Waals surface area contributed by atoms with Gasteiger partial charge in [-0.25, -0.2) is 0 Å². The number of hydrogen-bond donors (Lipinski definition) is 2. The van der Waals surface area contributed by atoms with Crippen LogP contribution < -0.4 is 11.1 Å². The SMILES string of the molecule is COC(CN)CC(=O)NC(c1ccc(Cl)cc1)C1CC1C. The standard InChI is InChI=1S/C16H23ClN2O2/c1-10-7-14(10)16(11-3-5-12(17)6-4-11)19-15(20)8-13(9-18)21-2/h3-6,10,13-14,16H,7-9,18H2,1-2H3,(H,19,20). The van der Waals surface area contributed by atoms with Crippen molar-refractivity contribution in [3.8, 4) is 0 Å². The maximum Gasteiger partial charge on any atom is 0.223 e. The highest BCUT2D eigenvalue weighted by Crippen LogP contribution is 2.47. The van der Waals surface area contributed by atoms with Crippen molar-refractivity contribution in [2.75, 3.05) is 13.7 Å². The van der Waals surface area contributed by atoms with Gasteiger partial charge in [-0.1, -0.05) is 30.7 Å². The van der Waals surface area contributed by atoms with Crippen LogP contribution >= 0.6 is 11.6 Å². The molecule has 0 aliphatic heterocycles. The normalized spacial score (nSPS) is 23.4. The van der Waals surface area contributed by atoms with Crippen LogP contribution in [-0.4, -0.2) is 25.7 Å². The third-order valence-corrected chi connectivity index (χ3v) is 4.41. The first-order chi connectivity index (χ1) is 10.0. The fourth-order valence-corrected chi connectivity index (χ4v) is 2.75. The molecule has 1 saturated carbocycles. The van der Waals surface area contributed by atoms with E-state index in [1.165, 1.54) is 0 Å². The van der Waals surface area contributed by atoms with Crippen molar-refractivity contribution < 1.29 is 9.53 Å². The summed E-state index contributed by atoms with van der Waals surface area (Å²) in [6, 6.07) is 7.73. The highest BCUT2D eigenvalue weighted by molar-refractivity contribution is 6.30. The lowest BCUT2D eigenvalue weighted by atomic mass is 10.0. The Bertz CT molecular complexity index is 474. The Hall–Kier alpha value is -1.10. The molecule has 0 saturated heterocycles. The van der Waals surface area contributed by atoms with E-state index in [2.05, 4.69) is 12.2 Å². The summed E-state index contributed by atoms with van der Waals surface area (Å²) in [7, 11) is 1.57. The lowest BCUT2D eigenvalue weighted by Gasteiger charge is -2.21. The van der Waals surface area contributed by atoms with Gasteiger partial charge in [0.1, 0.15) is 0 Å². The van der Waals surface area contributed by atoms with Crippen molar-refractivity contribution in [3.05, 3.63) is 34.9 Å². The van der Waals surface area contributed by atoms with Gasteiger partial charge in [0.2, 0.25) is 5.91 Å². The summed E-state index contributed by atoms with van der Waals surface area (Å²) in [5, 5.41) is 3.83.